The molecule has 1 atom stereocenters. The van der Waals surface area contributed by atoms with Gasteiger partial charge in [0.2, 0.25) is 0 Å². The first kappa shape index (κ1) is 14.0. The van der Waals surface area contributed by atoms with Crippen molar-refractivity contribution < 1.29 is 9.90 Å². The molecule has 21 heavy (non-hydrogen) atoms. The van der Waals surface area contributed by atoms with Crippen molar-refractivity contribution in [3.63, 3.8) is 0 Å². The van der Waals surface area contributed by atoms with Gasteiger partial charge in [0.1, 0.15) is 5.92 Å². The van der Waals surface area contributed by atoms with Crippen molar-refractivity contribution in [3.8, 4) is 0 Å². The standard InChI is InChI=1S/C15H17N3O2S/c1-8-6-7-11(9(2)16-8)17-15-18-13-10(14(19)20)4-3-5-12(13)21-15/h6-7,10H,3-5H2,1-2H3,(H,17,18)(H,19,20). The lowest BCUT2D eigenvalue weighted by Gasteiger charge is -2.16. The van der Waals surface area contributed by atoms with E-state index in [-0.39, 0.29) is 0 Å². The lowest BCUT2D eigenvalue weighted by molar-refractivity contribution is -0.139. The van der Waals surface area contributed by atoms with E-state index < -0.39 is 11.9 Å². The van der Waals surface area contributed by atoms with Crippen LogP contribution in [-0.4, -0.2) is 21.0 Å². The van der Waals surface area contributed by atoms with Gasteiger partial charge in [0.05, 0.1) is 17.1 Å². The fourth-order valence-electron chi connectivity index (χ4n) is 2.65. The second-order valence-corrected chi connectivity index (χ2v) is 6.40. The molecule has 0 aliphatic heterocycles. The molecule has 0 spiro atoms. The summed E-state index contributed by atoms with van der Waals surface area (Å²) >= 11 is 1.55. The molecule has 2 heterocycles. The minimum absolute atomic E-state index is 0.460. The van der Waals surface area contributed by atoms with E-state index >= 15 is 0 Å². The van der Waals surface area contributed by atoms with Crippen LogP contribution in [0.4, 0.5) is 10.8 Å². The number of anilines is 2. The number of aryl methyl sites for hydroxylation is 3. The molecular weight excluding hydrogens is 286 g/mol. The Hall–Kier alpha value is -1.95. The lowest BCUT2D eigenvalue weighted by atomic mass is 9.91. The van der Waals surface area contributed by atoms with E-state index in [0.29, 0.717) is 6.42 Å². The largest absolute Gasteiger partial charge is 0.481 e. The maximum absolute atomic E-state index is 11.3. The van der Waals surface area contributed by atoms with Crippen molar-refractivity contribution in [2.75, 3.05) is 5.32 Å². The van der Waals surface area contributed by atoms with E-state index in [1.807, 2.05) is 26.0 Å². The summed E-state index contributed by atoms with van der Waals surface area (Å²) in [5, 5.41) is 13.3. The number of carboxylic acid groups (broad SMARTS) is 1. The van der Waals surface area contributed by atoms with Crippen LogP contribution in [-0.2, 0) is 11.2 Å². The highest BCUT2D eigenvalue weighted by Gasteiger charge is 2.30. The third-order valence-corrected chi connectivity index (χ3v) is 4.77. The number of carbonyl (C=O) groups is 1. The van der Waals surface area contributed by atoms with Crippen LogP contribution in [0.25, 0.3) is 0 Å². The Morgan fingerprint density at radius 2 is 2.19 bits per heavy atom. The Labute approximate surface area is 127 Å². The average molecular weight is 303 g/mol. The Morgan fingerprint density at radius 3 is 2.90 bits per heavy atom. The molecule has 1 aliphatic carbocycles. The number of hydrogen-bond donors (Lipinski definition) is 2. The molecule has 0 amide bonds. The molecule has 3 rings (SSSR count). The van der Waals surface area contributed by atoms with Crippen LogP contribution in [0, 0.1) is 13.8 Å². The van der Waals surface area contributed by atoms with E-state index in [4.69, 9.17) is 0 Å². The highest BCUT2D eigenvalue weighted by molar-refractivity contribution is 7.15. The summed E-state index contributed by atoms with van der Waals surface area (Å²) in [6.07, 6.45) is 2.51. The lowest BCUT2D eigenvalue weighted by Crippen LogP contribution is -2.17. The number of carboxylic acids is 1. The second-order valence-electron chi connectivity index (χ2n) is 5.32. The van der Waals surface area contributed by atoms with Crippen molar-refractivity contribution in [3.05, 3.63) is 34.1 Å². The molecule has 6 heteroatoms. The molecule has 5 nitrogen and oxygen atoms in total. The van der Waals surface area contributed by atoms with Gasteiger partial charge in [-0.05, 0) is 45.2 Å². The van der Waals surface area contributed by atoms with Gasteiger partial charge in [-0.1, -0.05) is 0 Å². The third-order valence-electron chi connectivity index (χ3n) is 3.72. The zero-order chi connectivity index (χ0) is 15.0. The Kier molecular flexibility index (Phi) is 3.63. The van der Waals surface area contributed by atoms with Gasteiger partial charge < -0.3 is 10.4 Å². The Bertz CT molecular complexity index is 696. The molecular formula is C15H17N3O2S. The SMILES string of the molecule is Cc1ccc(Nc2nc3c(s2)CCCC3C(=O)O)c(C)n1. The number of pyridine rings is 1. The van der Waals surface area contributed by atoms with Crippen LogP contribution in [0.5, 0.6) is 0 Å². The van der Waals surface area contributed by atoms with Gasteiger partial charge in [0, 0.05) is 10.6 Å². The minimum Gasteiger partial charge on any atom is -0.481 e. The predicted molar refractivity (Wildman–Crippen MR) is 82.4 cm³/mol. The van der Waals surface area contributed by atoms with Crippen molar-refractivity contribution >= 4 is 28.1 Å². The molecule has 2 aromatic rings. The molecule has 110 valence electrons. The number of hydrogen-bond acceptors (Lipinski definition) is 5. The molecule has 0 saturated heterocycles. The van der Waals surface area contributed by atoms with Gasteiger partial charge in [-0.15, -0.1) is 11.3 Å². The maximum atomic E-state index is 11.3. The van der Waals surface area contributed by atoms with Crippen molar-refractivity contribution in [2.45, 2.75) is 39.0 Å². The Morgan fingerprint density at radius 1 is 1.38 bits per heavy atom. The third kappa shape index (κ3) is 2.76. The van der Waals surface area contributed by atoms with E-state index in [9.17, 15) is 9.90 Å². The molecule has 2 aromatic heterocycles. The first-order valence-electron chi connectivity index (χ1n) is 6.98. The highest BCUT2D eigenvalue weighted by atomic mass is 32.1. The van der Waals surface area contributed by atoms with Gasteiger partial charge >= 0.3 is 5.97 Å². The Balaban J connectivity index is 1.89. The zero-order valence-electron chi connectivity index (χ0n) is 12.0. The van der Waals surface area contributed by atoms with Crippen molar-refractivity contribution in [1.29, 1.82) is 0 Å². The molecule has 0 fully saturated rings. The van der Waals surface area contributed by atoms with Gasteiger partial charge in [-0.25, -0.2) is 4.98 Å². The summed E-state index contributed by atoms with van der Waals surface area (Å²) in [4.78, 5) is 21.3. The molecule has 0 bridgehead atoms. The highest BCUT2D eigenvalue weighted by Crippen LogP contribution is 2.37. The summed E-state index contributed by atoms with van der Waals surface area (Å²) in [6.45, 7) is 3.90. The number of fused-ring (bicyclic) bond motifs is 1. The molecule has 1 unspecified atom stereocenters. The maximum Gasteiger partial charge on any atom is 0.312 e. The fourth-order valence-corrected chi connectivity index (χ4v) is 3.72. The number of rotatable bonds is 3. The number of aromatic nitrogens is 2. The zero-order valence-corrected chi connectivity index (χ0v) is 12.8. The van der Waals surface area contributed by atoms with E-state index in [2.05, 4.69) is 15.3 Å². The van der Waals surface area contributed by atoms with Crippen LogP contribution >= 0.6 is 11.3 Å². The van der Waals surface area contributed by atoms with E-state index in [0.717, 1.165) is 45.6 Å². The van der Waals surface area contributed by atoms with Crippen LogP contribution in [0.2, 0.25) is 0 Å². The van der Waals surface area contributed by atoms with Crippen molar-refractivity contribution in [2.24, 2.45) is 0 Å². The number of aliphatic carboxylic acids is 1. The summed E-state index contributed by atoms with van der Waals surface area (Å²) in [6, 6.07) is 3.93. The molecule has 0 saturated carbocycles. The quantitative estimate of drug-likeness (QED) is 0.909. The van der Waals surface area contributed by atoms with Gasteiger partial charge in [-0.3, -0.25) is 9.78 Å². The van der Waals surface area contributed by atoms with Gasteiger partial charge in [0.15, 0.2) is 5.13 Å². The average Bonchev–Trinajstić information content (AvgIpc) is 2.83. The van der Waals surface area contributed by atoms with E-state index in [1.54, 1.807) is 11.3 Å². The fraction of sp³-hybridized carbons (Fsp3) is 0.400. The second kappa shape index (κ2) is 5.44. The summed E-state index contributed by atoms with van der Waals surface area (Å²) in [5.41, 5.74) is 3.54. The topological polar surface area (TPSA) is 75.1 Å². The van der Waals surface area contributed by atoms with Crippen LogP contribution in [0.1, 0.15) is 40.7 Å². The monoisotopic (exact) mass is 303 g/mol. The summed E-state index contributed by atoms with van der Waals surface area (Å²) in [5.74, 6) is -1.24. The summed E-state index contributed by atoms with van der Waals surface area (Å²) < 4.78 is 0. The molecule has 0 aromatic carbocycles. The van der Waals surface area contributed by atoms with Crippen LogP contribution in [0.3, 0.4) is 0 Å². The predicted octanol–water partition coefficient (Wildman–Crippen LogP) is 3.40. The normalized spacial score (nSPS) is 17.3. The molecule has 1 aliphatic rings. The smallest absolute Gasteiger partial charge is 0.312 e. The number of thiazole rings is 1. The first-order valence-corrected chi connectivity index (χ1v) is 7.80. The van der Waals surface area contributed by atoms with E-state index in [1.165, 1.54) is 0 Å². The molecule has 2 N–H and O–H groups in total. The molecule has 0 radical (unpaired) electrons. The summed E-state index contributed by atoms with van der Waals surface area (Å²) in [7, 11) is 0. The number of nitrogens with zero attached hydrogens (tertiary/aromatic N) is 2. The minimum atomic E-state index is -0.777. The van der Waals surface area contributed by atoms with Gasteiger partial charge in [0.25, 0.3) is 0 Å². The number of nitrogens with one attached hydrogen (secondary N) is 1. The van der Waals surface area contributed by atoms with Crippen LogP contribution < -0.4 is 5.32 Å². The van der Waals surface area contributed by atoms with Crippen LogP contribution in [0.15, 0.2) is 12.1 Å². The van der Waals surface area contributed by atoms with Crippen molar-refractivity contribution in [1.82, 2.24) is 9.97 Å². The van der Waals surface area contributed by atoms with Gasteiger partial charge in [-0.2, -0.15) is 0 Å². The first-order chi connectivity index (χ1) is 10.0.